The van der Waals surface area contributed by atoms with Gasteiger partial charge >= 0.3 is 0 Å². The van der Waals surface area contributed by atoms with Gasteiger partial charge in [-0.2, -0.15) is 5.10 Å². The number of aromatic nitrogens is 2. The molecular weight excluding hydrogens is 439 g/mol. The number of hydrogen-bond acceptors (Lipinski definition) is 3. The summed E-state index contributed by atoms with van der Waals surface area (Å²) in [7, 11) is 0. The second-order valence-electron chi connectivity index (χ2n) is 7.31. The van der Waals surface area contributed by atoms with Gasteiger partial charge in [-0.05, 0) is 59.9 Å². The van der Waals surface area contributed by atoms with Gasteiger partial charge in [0, 0.05) is 50.5 Å². The Hall–Kier alpha value is -0.830. The topological polar surface area (TPSA) is 57.5 Å². The van der Waals surface area contributed by atoms with Gasteiger partial charge in [0.25, 0.3) is 0 Å². The molecule has 0 bridgehead atoms. The van der Waals surface area contributed by atoms with E-state index in [1.54, 1.807) is 0 Å². The maximum absolute atomic E-state index is 4.75. The summed E-state index contributed by atoms with van der Waals surface area (Å²) in [6, 6.07) is 3.30. The van der Waals surface area contributed by atoms with Crippen molar-refractivity contribution in [3.05, 3.63) is 17.5 Å². The highest BCUT2D eigenvalue weighted by molar-refractivity contribution is 14.0. The zero-order chi connectivity index (χ0) is 18.2. The first-order chi connectivity index (χ1) is 12.0. The molecule has 0 atom stereocenters. The fourth-order valence-electron chi connectivity index (χ4n) is 3.39. The van der Waals surface area contributed by atoms with Crippen molar-refractivity contribution in [2.45, 2.75) is 72.5 Å². The number of aryl methyl sites for hydroxylation is 3. The molecule has 0 saturated carbocycles. The maximum atomic E-state index is 4.75. The summed E-state index contributed by atoms with van der Waals surface area (Å²) in [6.45, 7) is 15.8. The number of hydrogen-bond donors (Lipinski definition) is 2. The van der Waals surface area contributed by atoms with Gasteiger partial charge in [0.2, 0.25) is 0 Å². The monoisotopic (exact) mass is 476 g/mol. The van der Waals surface area contributed by atoms with Crippen molar-refractivity contribution < 1.29 is 0 Å². The maximum Gasteiger partial charge on any atom is 0.191 e. The van der Waals surface area contributed by atoms with Crippen molar-refractivity contribution in [2.24, 2.45) is 4.99 Å². The molecule has 1 saturated heterocycles. The van der Waals surface area contributed by atoms with E-state index in [2.05, 4.69) is 59.1 Å². The van der Waals surface area contributed by atoms with Crippen molar-refractivity contribution >= 4 is 29.9 Å². The van der Waals surface area contributed by atoms with Gasteiger partial charge in [-0.25, -0.2) is 0 Å². The normalized spacial score (nSPS) is 16.6. The Kier molecular flexibility index (Phi) is 10.5. The smallest absolute Gasteiger partial charge is 0.191 e. The van der Waals surface area contributed by atoms with Crippen LogP contribution < -0.4 is 10.6 Å². The number of likely N-dealkylation sites (tertiary alicyclic amines) is 1. The van der Waals surface area contributed by atoms with Crippen LogP contribution in [0.2, 0.25) is 0 Å². The molecule has 0 radical (unpaired) electrons. The highest BCUT2D eigenvalue weighted by Crippen LogP contribution is 2.12. The zero-order valence-corrected chi connectivity index (χ0v) is 19.4. The molecule has 1 fully saturated rings. The van der Waals surface area contributed by atoms with Crippen LogP contribution in [-0.2, 0) is 6.54 Å². The van der Waals surface area contributed by atoms with Crippen molar-refractivity contribution in [3.63, 3.8) is 0 Å². The molecular formula is C19H37IN6. The third kappa shape index (κ3) is 7.42. The van der Waals surface area contributed by atoms with E-state index < -0.39 is 0 Å². The first-order valence-electron chi connectivity index (χ1n) is 9.79. The largest absolute Gasteiger partial charge is 0.357 e. The van der Waals surface area contributed by atoms with Crippen molar-refractivity contribution in [3.8, 4) is 0 Å². The number of aliphatic imine (C=N–C) groups is 1. The summed E-state index contributed by atoms with van der Waals surface area (Å²) in [5, 5.41) is 11.5. The minimum atomic E-state index is 0. The van der Waals surface area contributed by atoms with E-state index in [0.717, 1.165) is 37.7 Å². The van der Waals surface area contributed by atoms with E-state index in [9.17, 15) is 0 Å². The standard InChI is InChI=1S/C19H36N6.HI/c1-6-20-19(22-18-8-12-24(13-9-18)15(2)3)21-10-7-11-25-17(5)14-16(4)23-25;/h14-15,18H,6-13H2,1-5H3,(H2,20,21,22);1H. The molecule has 0 aromatic carbocycles. The average molecular weight is 476 g/mol. The fourth-order valence-corrected chi connectivity index (χ4v) is 3.39. The molecule has 2 N–H and O–H groups in total. The molecule has 1 aliphatic rings. The van der Waals surface area contributed by atoms with E-state index in [-0.39, 0.29) is 24.0 Å². The molecule has 150 valence electrons. The molecule has 0 spiro atoms. The number of guanidine groups is 1. The van der Waals surface area contributed by atoms with Gasteiger partial charge in [0.15, 0.2) is 5.96 Å². The zero-order valence-electron chi connectivity index (χ0n) is 17.1. The second kappa shape index (κ2) is 11.8. The van der Waals surface area contributed by atoms with Crippen LogP contribution in [0.1, 0.15) is 51.4 Å². The number of nitrogens with one attached hydrogen (secondary N) is 2. The van der Waals surface area contributed by atoms with Crippen molar-refractivity contribution in [1.29, 1.82) is 0 Å². The molecule has 1 aromatic rings. The Bertz CT molecular complexity index is 546. The third-order valence-corrected chi connectivity index (χ3v) is 4.85. The average Bonchev–Trinajstić information content (AvgIpc) is 2.89. The fraction of sp³-hybridized carbons (Fsp3) is 0.789. The molecule has 0 aliphatic carbocycles. The van der Waals surface area contributed by atoms with Crippen LogP contribution in [0, 0.1) is 13.8 Å². The third-order valence-electron chi connectivity index (χ3n) is 4.85. The predicted molar refractivity (Wildman–Crippen MR) is 121 cm³/mol. The number of halogens is 1. The van der Waals surface area contributed by atoms with Crippen LogP contribution in [0.3, 0.4) is 0 Å². The lowest BCUT2D eigenvalue weighted by molar-refractivity contribution is 0.167. The van der Waals surface area contributed by atoms with Crippen LogP contribution in [-0.4, -0.2) is 58.9 Å². The van der Waals surface area contributed by atoms with E-state index in [0.29, 0.717) is 12.1 Å². The van der Waals surface area contributed by atoms with Gasteiger partial charge in [0.1, 0.15) is 0 Å². The lowest BCUT2D eigenvalue weighted by Crippen LogP contribution is -2.49. The first-order valence-corrected chi connectivity index (χ1v) is 9.79. The van der Waals surface area contributed by atoms with Gasteiger partial charge in [0.05, 0.1) is 5.69 Å². The Labute approximate surface area is 176 Å². The van der Waals surface area contributed by atoms with E-state index in [1.165, 1.54) is 31.6 Å². The summed E-state index contributed by atoms with van der Waals surface area (Å²) in [5.74, 6) is 0.957. The molecule has 1 aliphatic heterocycles. The Morgan fingerprint density at radius 3 is 2.54 bits per heavy atom. The summed E-state index contributed by atoms with van der Waals surface area (Å²) >= 11 is 0. The molecule has 2 heterocycles. The number of rotatable bonds is 7. The van der Waals surface area contributed by atoms with Crippen molar-refractivity contribution in [2.75, 3.05) is 26.2 Å². The first kappa shape index (κ1) is 23.2. The molecule has 26 heavy (non-hydrogen) atoms. The van der Waals surface area contributed by atoms with Gasteiger partial charge in [-0.15, -0.1) is 24.0 Å². The Morgan fingerprint density at radius 1 is 1.31 bits per heavy atom. The van der Waals surface area contributed by atoms with E-state index in [1.807, 2.05) is 6.92 Å². The predicted octanol–water partition coefficient (Wildman–Crippen LogP) is 2.94. The molecule has 1 aromatic heterocycles. The summed E-state index contributed by atoms with van der Waals surface area (Å²) in [5.41, 5.74) is 2.31. The van der Waals surface area contributed by atoms with Gasteiger partial charge < -0.3 is 15.5 Å². The van der Waals surface area contributed by atoms with E-state index >= 15 is 0 Å². The minimum Gasteiger partial charge on any atom is -0.357 e. The Balaban J connectivity index is 0.00000338. The number of piperidine rings is 1. The van der Waals surface area contributed by atoms with Gasteiger partial charge in [-0.3, -0.25) is 9.67 Å². The lowest BCUT2D eigenvalue weighted by atomic mass is 10.0. The van der Waals surface area contributed by atoms with Crippen LogP contribution in [0.5, 0.6) is 0 Å². The second-order valence-corrected chi connectivity index (χ2v) is 7.31. The summed E-state index contributed by atoms with van der Waals surface area (Å²) < 4.78 is 2.08. The highest BCUT2D eigenvalue weighted by atomic mass is 127. The van der Waals surface area contributed by atoms with Crippen LogP contribution in [0.4, 0.5) is 0 Å². The molecule has 0 unspecified atom stereocenters. The van der Waals surface area contributed by atoms with Crippen LogP contribution in [0.15, 0.2) is 11.1 Å². The quantitative estimate of drug-likeness (QED) is 0.275. The van der Waals surface area contributed by atoms with E-state index in [4.69, 9.17) is 4.99 Å². The SMILES string of the molecule is CCNC(=NCCCn1nc(C)cc1C)NC1CCN(C(C)C)CC1.I. The van der Waals surface area contributed by atoms with Crippen LogP contribution >= 0.6 is 24.0 Å². The molecule has 7 heteroatoms. The Morgan fingerprint density at radius 2 is 2.00 bits per heavy atom. The van der Waals surface area contributed by atoms with Crippen molar-refractivity contribution in [1.82, 2.24) is 25.3 Å². The molecule has 0 amide bonds. The molecule has 2 rings (SSSR count). The summed E-state index contributed by atoms with van der Waals surface area (Å²) in [6.07, 6.45) is 3.38. The van der Waals surface area contributed by atoms with Crippen LogP contribution in [0.25, 0.3) is 0 Å². The van der Waals surface area contributed by atoms with Gasteiger partial charge in [-0.1, -0.05) is 0 Å². The molecule has 6 nitrogen and oxygen atoms in total. The minimum absolute atomic E-state index is 0. The number of nitrogens with zero attached hydrogens (tertiary/aromatic N) is 4. The highest BCUT2D eigenvalue weighted by Gasteiger charge is 2.21. The summed E-state index contributed by atoms with van der Waals surface area (Å²) in [4.78, 5) is 7.31. The lowest BCUT2D eigenvalue weighted by Gasteiger charge is -2.35.